The molecule has 2 aliphatic rings. The Morgan fingerprint density at radius 1 is 1.04 bits per heavy atom. The third kappa shape index (κ3) is 3.12. The van der Waals surface area contributed by atoms with Gasteiger partial charge in [-0.15, -0.1) is 0 Å². The number of aromatic nitrogens is 1. The smallest absolute Gasteiger partial charge is 0.203 e. The first-order valence-corrected chi connectivity index (χ1v) is 9.26. The minimum Gasteiger partial charge on any atom is -0.484 e. The lowest BCUT2D eigenvalue weighted by Crippen LogP contribution is -2.38. The van der Waals surface area contributed by atoms with Crippen LogP contribution in [0.1, 0.15) is 49.0 Å². The second-order valence-corrected chi connectivity index (χ2v) is 7.06. The maximum Gasteiger partial charge on any atom is 0.203 e. The molecule has 0 bridgehead atoms. The van der Waals surface area contributed by atoms with Gasteiger partial charge in [-0.2, -0.15) is 0 Å². The number of nitrogens with two attached hydrogens (primary N) is 1. The van der Waals surface area contributed by atoms with Gasteiger partial charge in [-0.3, -0.25) is 15.4 Å². The lowest BCUT2D eigenvalue weighted by atomic mass is 9.86. The Hall–Kier alpha value is -2.60. The molecule has 0 spiro atoms. The summed E-state index contributed by atoms with van der Waals surface area (Å²) in [6, 6.07) is 11.8. The van der Waals surface area contributed by atoms with Crippen molar-refractivity contribution in [3.8, 4) is 5.75 Å². The molecule has 6 nitrogen and oxygen atoms in total. The monoisotopic (exact) mass is 351 g/mol. The topological polar surface area (TPSA) is 91.1 Å². The Labute approximate surface area is 153 Å². The van der Waals surface area contributed by atoms with Crippen LogP contribution in [-0.4, -0.2) is 28.5 Å². The maximum absolute atomic E-state index is 8.42. The molecule has 1 aromatic heterocycles. The average molecular weight is 351 g/mol. The molecular weight excluding hydrogens is 326 g/mol. The number of hydrogen-bond donors (Lipinski definition) is 3. The molecule has 2 aromatic rings. The van der Waals surface area contributed by atoms with Crippen LogP contribution >= 0.6 is 0 Å². The second kappa shape index (κ2) is 6.96. The lowest BCUT2D eigenvalue weighted by molar-refractivity contribution is 0.176. The fraction of sp³-hybridized carbons (Fsp3) is 0.400. The van der Waals surface area contributed by atoms with Gasteiger partial charge in [-0.05, 0) is 48.9 Å². The highest BCUT2D eigenvalue weighted by Crippen LogP contribution is 2.37. The molecule has 0 saturated carbocycles. The Bertz CT molecular complexity index is 869. The third-order valence-electron chi connectivity index (χ3n) is 5.32. The van der Waals surface area contributed by atoms with E-state index in [4.69, 9.17) is 21.3 Å². The van der Waals surface area contributed by atoms with E-state index in [2.05, 4.69) is 12.1 Å². The Morgan fingerprint density at radius 3 is 2.54 bits per heavy atom. The summed E-state index contributed by atoms with van der Waals surface area (Å²) >= 11 is 0. The van der Waals surface area contributed by atoms with E-state index in [0.29, 0.717) is 17.2 Å². The largest absolute Gasteiger partial charge is 0.484 e. The molecule has 0 amide bonds. The Kier molecular flexibility index (Phi) is 4.51. The number of likely N-dealkylation sites (tertiary alicyclic amines) is 1. The van der Waals surface area contributed by atoms with Crippen molar-refractivity contribution in [1.82, 2.24) is 9.47 Å². The summed E-state index contributed by atoms with van der Waals surface area (Å²) in [5.74, 6) is 1.03. The second-order valence-electron chi connectivity index (χ2n) is 7.06. The number of hydrogen-bond acceptors (Lipinski definition) is 4. The molecule has 1 unspecified atom stereocenters. The summed E-state index contributed by atoms with van der Waals surface area (Å²) in [4.78, 5) is 2.01. The number of ether oxygens (including phenoxy) is 1. The maximum atomic E-state index is 8.42. The van der Waals surface area contributed by atoms with Gasteiger partial charge in [0.25, 0.3) is 0 Å². The summed E-state index contributed by atoms with van der Waals surface area (Å²) in [6.07, 6.45) is 5.68. The zero-order valence-corrected chi connectivity index (χ0v) is 14.8. The van der Waals surface area contributed by atoms with Crippen molar-refractivity contribution in [3.05, 3.63) is 59.2 Å². The van der Waals surface area contributed by atoms with Crippen LogP contribution < -0.4 is 16.0 Å². The highest BCUT2D eigenvalue weighted by atomic mass is 16.5. The van der Waals surface area contributed by atoms with Gasteiger partial charge in [0.15, 0.2) is 0 Å². The SMILES string of the molecule is N=C(N1CCCC1)n1cc(O[C@@H]2CCC(N)c3ccccc32)ccc1=N. The molecule has 1 aliphatic carbocycles. The van der Waals surface area contributed by atoms with Crippen molar-refractivity contribution >= 4 is 5.96 Å². The van der Waals surface area contributed by atoms with Crippen molar-refractivity contribution in [3.63, 3.8) is 0 Å². The zero-order valence-electron chi connectivity index (χ0n) is 14.8. The molecule has 136 valence electrons. The molecule has 2 atom stereocenters. The number of fused-ring (bicyclic) bond motifs is 1. The van der Waals surface area contributed by atoms with Gasteiger partial charge >= 0.3 is 0 Å². The van der Waals surface area contributed by atoms with Crippen LogP contribution in [0.2, 0.25) is 0 Å². The van der Waals surface area contributed by atoms with Crippen LogP contribution in [0, 0.1) is 10.8 Å². The third-order valence-corrected chi connectivity index (χ3v) is 5.32. The fourth-order valence-electron chi connectivity index (χ4n) is 3.88. The fourth-order valence-corrected chi connectivity index (χ4v) is 3.88. The van der Waals surface area contributed by atoms with Crippen molar-refractivity contribution < 1.29 is 4.74 Å². The number of benzene rings is 1. The normalized spacial score (nSPS) is 22.1. The molecule has 0 radical (unpaired) electrons. The molecule has 1 aliphatic heterocycles. The van der Waals surface area contributed by atoms with Crippen LogP contribution in [0.4, 0.5) is 0 Å². The van der Waals surface area contributed by atoms with Gasteiger partial charge in [0.1, 0.15) is 17.3 Å². The zero-order chi connectivity index (χ0) is 18.1. The quantitative estimate of drug-likeness (QED) is 0.574. The highest BCUT2D eigenvalue weighted by Gasteiger charge is 2.26. The summed E-state index contributed by atoms with van der Waals surface area (Å²) < 4.78 is 7.86. The van der Waals surface area contributed by atoms with Gasteiger partial charge in [-0.25, -0.2) is 0 Å². The number of rotatable bonds is 2. The van der Waals surface area contributed by atoms with Crippen molar-refractivity contribution in [2.45, 2.75) is 37.8 Å². The van der Waals surface area contributed by atoms with E-state index in [1.54, 1.807) is 16.8 Å². The number of pyridine rings is 1. The van der Waals surface area contributed by atoms with Crippen molar-refractivity contribution in [2.24, 2.45) is 5.73 Å². The first kappa shape index (κ1) is 16.8. The van der Waals surface area contributed by atoms with E-state index < -0.39 is 0 Å². The van der Waals surface area contributed by atoms with Gasteiger partial charge in [-0.1, -0.05) is 24.3 Å². The van der Waals surface area contributed by atoms with Crippen molar-refractivity contribution in [2.75, 3.05) is 13.1 Å². The van der Waals surface area contributed by atoms with E-state index in [1.165, 1.54) is 0 Å². The van der Waals surface area contributed by atoms with Gasteiger partial charge < -0.3 is 15.4 Å². The predicted octanol–water partition coefficient (Wildman–Crippen LogP) is 2.76. The molecule has 1 saturated heterocycles. The summed E-state index contributed by atoms with van der Waals surface area (Å²) in [5.41, 5.74) is 8.82. The average Bonchev–Trinajstić information content (AvgIpc) is 3.20. The minimum atomic E-state index is -0.0444. The highest BCUT2D eigenvalue weighted by molar-refractivity contribution is 5.79. The van der Waals surface area contributed by atoms with Crippen LogP contribution in [0.15, 0.2) is 42.6 Å². The molecule has 1 fully saturated rings. The first-order chi connectivity index (χ1) is 12.6. The summed E-state index contributed by atoms with van der Waals surface area (Å²) in [6.45, 7) is 1.76. The molecule has 4 rings (SSSR count). The molecule has 2 heterocycles. The minimum absolute atomic E-state index is 0.0444. The summed E-state index contributed by atoms with van der Waals surface area (Å²) in [5, 5.41) is 16.6. The standard InChI is InChI=1S/C20H25N5O/c21-17-8-9-18(16-6-2-1-5-15(16)17)26-14-7-10-19(22)25(13-14)20(23)24-11-3-4-12-24/h1-2,5-7,10,13,17-18,22-23H,3-4,8-9,11-12,21H2/t17?,18-/m1/s1. The lowest BCUT2D eigenvalue weighted by Gasteiger charge is -2.30. The van der Waals surface area contributed by atoms with Gasteiger partial charge in [0.05, 0.1) is 6.20 Å². The predicted molar refractivity (Wildman–Crippen MR) is 100 cm³/mol. The van der Waals surface area contributed by atoms with E-state index in [0.717, 1.165) is 49.9 Å². The van der Waals surface area contributed by atoms with Crippen LogP contribution in [-0.2, 0) is 0 Å². The van der Waals surface area contributed by atoms with E-state index in [1.807, 2.05) is 23.1 Å². The molecule has 26 heavy (non-hydrogen) atoms. The van der Waals surface area contributed by atoms with E-state index >= 15 is 0 Å². The first-order valence-electron chi connectivity index (χ1n) is 9.26. The summed E-state index contributed by atoms with van der Waals surface area (Å²) in [7, 11) is 0. The van der Waals surface area contributed by atoms with E-state index in [-0.39, 0.29) is 12.1 Å². The van der Waals surface area contributed by atoms with Crippen LogP contribution in [0.25, 0.3) is 0 Å². The molecule has 1 aromatic carbocycles. The van der Waals surface area contributed by atoms with Crippen molar-refractivity contribution in [1.29, 1.82) is 10.8 Å². The van der Waals surface area contributed by atoms with Gasteiger partial charge in [0.2, 0.25) is 5.96 Å². The van der Waals surface area contributed by atoms with Crippen LogP contribution in [0.3, 0.4) is 0 Å². The number of nitrogens with zero attached hydrogens (tertiary/aromatic N) is 2. The number of nitrogens with one attached hydrogen (secondary N) is 2. The Morgan fingerprint density at radius 2 is 1.77 bits per heavy atom. The molecule has 4 N–H and O–H groups in total. The molecule has 6 heteroatoms. The van der Waals surface area contributed by atoms with Crippen LogP contribution in [0.5, 0.6) is 5.75 Å². The van der Waals surface area contributed by atoms with Gasteiger partial charge in [0, 0.05) is 19.1 Å². The Balaban J connectivity index is 1.60. The molecular formula is C20H25N5O. The van der Waals surface area contributed by atoms with E-state index in [9.17, 15) is 0 Å².